The number of carboxylic acids is 1. The topological polar surface area (TPSA) is 131 Å². The Hall–Kier alpha value is -1.88. The van der Waals surface area contributed by atoms with E-state index in [4.69, 9.17) is 0 Å². The lowest BCUT2D eigenvalue weighted by atomic mass is 9.88. The number of fused-ring (bicyclic) bond motifs is 1. The number of carbonyl (C=O) groups excluding carboxylic acids is 1. The van der Waals surface area contributed by atoms with Crippen LogP contribution in [0.15, 0.2) is 12.3 Å². The zero-order chi connectivity index (χ0) is 20.9. The van der Waals surface area contributed by atoms with Gasteiger partial charge >= 0.3 is 5.97 Å². The van der Waals surface area contributed by atoms with Crippen molar-refractivity contribution in [3.8, 4) is 0 Å². The number of aliphatic carboxylic acids is 1. The Morgan fingerprint density at radius 3 is 2.32 bits per heavy atom. The Kier molecular flexibility index (Phi) is 5.11. The number of nitrogens with zero attached hydrogens (tertiary/aromatic N) is 2. The number of rotatable bonds is 6. The summed E-state index contributed by atoms with van der Waals surface area (Å²) in [7, 11) is -8.35. The van der Waals surface area contributed by atoms with Crippen molar-refractivity contribution in [3.63, 3.8) is 0 Å². The van der Waals surface area contributed by atoms with E-state index in [1.165, 1.54) is 12.3 Å². The molecule has 1 saturated carbocycles. The van der Waals surface area contributed by atoms with Crippen molar-refractivity contribution in [2.24, 2.45) is 0 Å². The van der Waals surface area contributed by atoms with Crippen LogP contribution < -0.4 is 4.31 Å². The standard InChI is InChI=1S/C17H24N2O7S2/c1-3-7-12-14-13(19(15(12)20)27(2,23)24)8-11-18(14)28(25,26)17(16(21)22)9-5-4-6-10-17/h8,11-12H,3-7,9-10H2,1-2H3,(H,21,22). The average molecular weight is 433 g/mol. The van der Waals surface area contributed by atoms with Gasteiger partial charge in [-0.1, -0.05) is 32.6 Å². The minimum absolute atomic E-state index is 0.00845. The van der Waals surface area contributed by atoms with Gasteiger partial charge in [0.15, 0.2) is 4.75 Å². The fourth-order valence-corrected chi connectivity index (χ4v) is 7.36. The third kappa shape index (κ3) is 2.86. The molecule has 2 aliphatic rings. The van der Waals surface area contributed by atoms with Crippen LogP contribution in [0.2, 0.25) is 0 Å². The fourth-order valence-electron chi connectivity index (χ4n) is 4.29. The molecule has 1 aromatic heterocycles. The van der Waals surface area contributed by atoms with Gasteiger partial charge in [0.05, 0.1) is 23.6 Å². The van der Waals surface area contributed by atoms with Crippen molar-refractivity contribution >= 4 is 37.6 Å². The lowest BCUT2D eigenvalue weighted by Crippen LogP contribution is -2.50. The summed E-state index contributed by atoms with van der Waals surface area (Å²) in [4.78, 5) is 24.8. The van der Waals surface area contributed by atoms with Crippen LogP contribution in [0.25, 0.3) is 0 Å². The molecule has 11 heteroatoms. The second-order valence-corrected chi connectivity index (χ2v) is 11.4. The van der Waals surface area contributed by atoms with Crippen LogP contribution >= 0.6 is 0 Å². The van der Waals surface area contributed by atoms with Gasteiger partial charge in [0, 0.05) is 6.20 Å². The number of hydrogen-bond acceptors (Lipinski definition) is 6. The van der Waals surface area contributed by atoms with Crippen LogP contribution in [0.3, 0.4) is 0 Å². The molecule has 1 amide bonds. The maximum Gasteiger partial charge on any atom is 0.327 e. The number of amides is 1. The summed E-state index contributed by atoms with van der Waals surface area (Å²) in [5, 5.41) is 9.81. The van der Waals surface area contributed by atoms with Crippen molar-refractivity contribution in [2.75, 3.05) is 10.6 Å². The summed E-state index contributed by atoms with van der Waals surface area (Å²) < 4.78 is 50.8. The molecule has 0 spiro atoms. The van der Waals surface area contributed by atoms with E-state index in [-0.39, 0.29) is 30.6 Å². The monoisotopic (exact) mass is 432 g/mol. The van der Waals surface area contributed by atoms with Crippen LogP contribution in [0.5, 0.6) is 0 Å². The van der Waals surface area contributed by atoms with Gasteiger partial charge in [0.25, 0.3) is 10.0 Å². The Morgan fingerprint density at radius 2 is 1.82 bits per heavy atom. The van der Waals surface area contributed by atoms with Gasteiger partial charge in [-0.25, -0.2) is 25.1 Å². The van der Waals surface area contributed by atoms with Crippen LogP contribution in [-0.4, -0.2) is 48.8 Å². The molecule has 2 heterocycles. The second kappa shape index (κ2) is 6.87. The Morgan fingerprint density at radius 1 is 1.21 bits per heavy atom. The maximum atomic E-state index is 13.5. The highest BCUT2D eigenvalue weighted by molar-refractivity contribution is 7.93. The van der Waals surface area contributed by atoms with Crippen LogP contribution in [0.4, 0.5) is 5.69 Å². The first-order valence-corrected chi connectivity index (χ1v) is 12.5. The molecule has 156 valence electrons. The van der Waals surface area contributed by atoms with E-state index in [9.17, 15) is 31.5 Å². The minimum atomic E-state index is -4.40. The van der Waals surface area contributed by atoms with Gasteiger partial charge in [0.1, 0.15) is 0 Å². The maximum absolute atomic E-state index is 13.5. The number of aromatic nitrogens is 1. The van der Waals surface area contributed by atoms with Crippen molar-refractivity contribution in [1.82, 2.24) is 3.97 Å². The molecular weight excluding hydrogens is 408 g/mol. The van der Waals surface area contributed by atoms with E-state index in [0.717, 1.165) is 16.6 Å². The smallest absolute Gasteiger partial charge is 0.327 e. The van der Waals surface area contributed by atoms with Crippen molar-refractivity contribution in [2.45, 2.75) is 62.5 Å². The largest absolute Gasteiger partial charge is 0.480 e. The summed E-state index contributed by atoms with van der Waals surface area (Å²) in [6.07, 6.45) is 4.53. The highest BCUT2D eigenvalue weighted by Crippen LogP contribution is 2.45. The first-order chi connectivity index (χ1) is 13.0. The zero-order valence-corrected chi connectivity index (χ0v) is 17.4. The van der Waals surface area contributed by atoms with Gasteiger partial charge in [-0.2, -0.15) is 0 Å². The molecule has 1 N–H and O–H groups in total. The first-order valence-electron chi connectivity index (χ1n) is 9.23. The molecule has 9 nitrogen and oxygen atoms in total. The highest BCUT2D eigenvalue weighted by atomic mass is 32.2. The quantitative estimate of drug-likeness (QED) is 0.723. The second-order valence-electron chi connectivity index (χ2n) is 7.45. The fraction of sp³-hybridized carbons (Fsp3) is 0.647. The molecule has 1 fully saturated rings. The van der Waals surface area contributed by atoms with Crippen molar-refractivity contribution in [3.05, 3.63) is 18.0 Å². The molecule has 0 aromatic carbocycles. The predicted octanol–water partition coefficient (Wildman–Crippen LogP) is 1.64. The summed E-state index contributed by atoms with van der Waals surface area (Å²) in [6, 6.07) is 1.26. The number of sulfonamides is 1. The summed E-state index contributed by atoms with van der Waals surface area (Å²) >= 11 is 0. The third-order valence-corrected chi connectivity index (χ3v) is 9.07. The Labute approximate surface area is 164 Å². The predicted molar refractivity (Wildman–Crippen MR) is 102 cm³/mol. The molecule has 1 atom stereocenters. The molecule has 1 aliphatic carbocycles. The van der Waals surface area contributed by atoms with Crippen LogP contribution in [-0.2, 0) is 29.6 Å². The van der Waals surface area contributed by atoms with Gasteiger partial charge in [-0.3, -0.25) is 9.59 Å². The van der Waals surface area contributed by atoms with Gasteiger partial charge in [-0.15, -0.1) is 0 Å². The molecule has 1 unspecified atom stereocenters. The minimum Gasteiger partial charge on any atom is -0.480 e. The number of anilines is 1. The van der Waals surface area contributed by atoms with E-state index >= 15 is 0 Å². The Balaban J connectivity index is 2.23. The molecule has 0 radical (unpaired) electrons. The number of hydrogen-bond donors (Lipinski definition) is 1. The molecule has 1 aromatic rings. The van der Waals surface area contributed by atoms with Gasteiger partial charge in [-0.05, 0) is 25.3 Å². The Bertz CT molecular complexity index is 1020. The lowest BCUT2D eigenvalue weighted by Gasteiger charge is -2.33. The highest BCUT2D eigenvalue weighted by Gasteiger charge is 2.55. The zero-order valence-electron chi connectivity index (χ0n) is 15.8. The van der Waals surface area contributed by atoms with Crippen LogP contribution in [0.1, 0.15) is 63.5 Å². The van der Waals surface area contributed by atoms with E-state index in [1.54, 1.807) is 6.92 Å². The molecular formula is C17H24N2O7S2. The molecule has 3 rings (SSSR count). The number of carboxylic acid groups (broad SMARTS) is 1. The molecule has 28 heavy (non-hydrogen) atoms. The summed E-state index contributed by atoms with van der Waals surface area (Å²) in [5.74, 6) is -3.06. The van der Waals surface area contributed by atoms with Crippen LogP contribution in [0, 0.1) is 0 Å². The van der Waals surface area contributed by atoms with E-state index in [1.807, 2.05) is 0 Å². The van der Waals surface area contributed by atoms with E-state index < -0.39 is 42.6 Å². The SMILES string of the molecule is CCCC1C(=O)N(S(C)(=O)=O)c2ccn(S(=O)(=O)C3(C(=O)O)CCCCC3)c21. The summed E-state index contributed by atoms with van der Waals surface area (Å²) in [6.45, 7) is 1.80. The molecule has 1 aliphatic heterocycles. The summed E-state index contributed by atoms with van der Waals surface area (Å²) in [5.41, 5.74) is 0.0364. The van der Waals surface area contributed by atoms with E-state index in [0.29, 0.717) is 23.6 Å². The molecule has 0 saturated heterocycles. The average Bonchev–Trinajstić information content (AvgIpc) is 3.14. The van der Waals surface area contributed by atoms with Crippen molar-refractivity contribution < 1.29 is 31.5 Å². The van der Waals surface area contributed by atoms with Crippen molar-refractivity contribution in [1.29, 1.82) is 0 Å². The third-order valence-electron chi connectivity index (χ3n) is 5.63. The normalized spacial score (nSPS) is 22.3. The first kappa shape index (κ1) is 20.8. The molecule has 0 bridgehead atoms. The van der Waals surface area contributed by atoms with Gasteiger partial charge in [0.2, 0.25) is 15.9 Å². The van der Waals surface area contributed by atoms with E-state index in [2.05, 4.69) is 0 Å². The van der Waals surface area contributed by atoms with Gasteiger partial charge < -0.3 is 5.11 Å². The lowest BCUT2D eigenvalue weighted by molar-refractivity contribution is -0.141. The number of carbonyl (C=O) groups is 2.